The maximum atomic E-state index is 12.7. The van der Waals surface area contributed by atoms with E-state index in [-0.39, 0.29) is 6.04 Å². The molecule has 0 aromatic heterocycles. The summed E-state index contributed by atoms with van der Waals surface area (Å²) >= 11 is 0. The summed E-state index contributed by atoms with van der Waals surface area (Å²) in [5.74, 6) is 1.58. The predicted molar refractivity (Wildman–Crippen MR) is 80.3 cm³/mol. The zero-order valence-electron chi connectivity index (χ0n) is 12.8. The number of likely N-dealkylation sites (tertiary alicyclic amines) is 2. The van der Waals surface area contributed by atoms with E-state index in [2.05, 4.69) is 16.7 Å². The molecule has 114 valence electrons. The van der Waals surface area contributed by atoms with Gasteiger partial charge in [0.1, 0.15) is 0 Å². The number of hydrogen-bond acceptors (Lipinski definition) is 3. The summed E-state index contributed by atoms with van der Waals surface area (Å²) in [5.41, 5.74) is 6.17. The number of fused-ring (bicyclic) bond motifs is 1. The molecule has 0 spiro atoms. The Kier molecular flexibility index (Phi) is 4.32. The smallest absolute Gasteiger partial charge is 0.239 e. The molecule has 20 heavy (non-hydrogen) atoms. The van der Waals surface area contributed by atoms with Gasteiger partial charge in [0.25, 0.3) is 0 Å². The quantitative estimate of drug-likeness (QED) is 0.832. The van der Waals surface area contributed by atoms with Gasteiger partial charge in [0.05, 0.1) is 6.04 Å². The van der Waals surface area contributed by atoms with Gasteiger partial charge in [-0.25, -0.2) is 0 Å². The molecule has 3 aliphatic rings. The van der Waals surface area contributed by atoms with E-state index < -0.39 is 0 Å². The Hall–Kier alpha value is -0.610. The second-order valence-electron chi connectivity index (χ2n) is 7.03. The monoisotopic (exact) mass is 279 g/mol. The Bertz CT molecular complexity index is 348. The summed E-state index contributed by atoms with van der Waals surface area (Å²) < 4.78 is 0. The molecule has 0 bridgehead atoms. The summed E-state index contributed by atoms with van der Waals surface area (Å²) in [6.45, 7) is 6.14. The van der Waals surface area contributed by atoms with Crippen LogP contribution in [0, 0.1) is 11.8 Å². The number of nitrogens with two attached hydrogens (primary N) is 1. The van der Waals surface area contributed by atoms with Crippen LogP contribution in [0.5, 0.6) is 0 Å². The lowest BCUT2D eigenvalue weighted by Crippen LogP contribution is -2.47. The first kappa shape index (κ1) is 14.3. The fourth-order valence-electron chi connectivity index (χ4n) is 4.39. The van der Waals surface area contributed by atoms with E-state index in [1.165, 1.54) is 32.1 Å². The highest BCUT2D eigenvalue weighted by Gasteiger charge is 2.43. The lowest BCUT2D eigenvalue weighted by Gasteiger charge is -2.30. The van der Waals surface area contributed by atoms with E-state index in [1.54, 1.807) is 0 Å². The molecule has 3 fully saturated rings. The largest absolute Gasteiger partial charge is 0.341 e. The second kappa shape index (κ2) is 6.02. The Morgan fingerprint density at radius 1 is 1.10 bits per heavy atom. The van der Waals surface area contributed by atoms with Crippen molar-refractivity contribution >= 4 is 5.91 Å². The van der Waals surface area contributed by atoms with Gasteiger partial charge in [-0.1, -0.05) is 12.8 Å². The predicted octanol–water partition coefficient (Wildman–Crippen LogP) is 1.45. The number of carbonyl (C=O) groups excluding carboxylic acids is 1. The van der Waals surface area contributed by atoms with Crippen LogP contribution in [-0.4, -0.2) is 54.0 Å². The topological polar surface area (TPSA) is 49.6 Å². The first-order valence-electron chi connectivity index (χ1n) is 8.45. The highest BCUT2D eigenvalue weighted by atomic mass is 16.2. The molecule has 4 nitrogen and oxygen atoms in total. The number of nitrogens with zero attached hydrogens (tertiary/aromatic N) is 2. The summed E-state index contributed by atoms with van der Waals surface area (Å²) in [6, 6.07) is 0.384. The summed E-state index contributed by atoms with van der Waals surface area (Å²) in [5, 5.41) is 0. The summed E-state index contributed by atoms with van der Waals surface area (Å²) in [4.78, 5) is 17.2. The molecule has 2 saturated heterocycles. The van der Waals surface area contributed by atoms with Crippen molar-refractivity contribution < 1.29 is 4.79 Å². The Labute approximate surface area is 122 Å². The van der Waals surface area contributed by atoms with Gasteiger partial charge < -0.3 is 10.6 Å². The third kappa shape index (κ3) is 2.73. The fraction of sp³-hybridized carbons (Fsp3) is 0.938. The average Bonchev–Trinajstić information content (AvgIpc) is 2.89. The van der Waals surface area contributed by atoms with Gasteiger partial charge in [-0.05, 0) is 57.5 Å². The minimum atomic E-state index is 0.0585. The molecule has 4 atom stereocenters. The van der Waals surface area contributed by atoms with Crippen molar-refractivity contribution in [1.82, 2.24) is 9.80 Å². The van der Waals surface area contributed by atoms with Crippen LogP contribution in [0.15, 0.2) is 0 Å². The highest BCUT2D eigenvalue weighted by molar-refractivity contribution is 5.81. The van der Waals surface area contributed by atoms with Gasteiger partial charge in [-0.3, -0.25) is 9.69 Å². The van der Waals surface area contributed by atoms with Crippen molar-refractivity contribution in [3.05, 3.63) is 0 Å². The van der Waals surface area contributed by atoms with E-state index >= 15 is 0 Å². The van der Waals surface area contributed by atoms with Crippen molar-refractivity contribution in [2.24, 2.45) is 17.6 Å². The molecule has 2 aliphatic heterocycles. The van der Waals surface area contributed by atoms with Crippen LogP contribution in [-0.2, 0) is 4.79 Å². The molecule has 1 saturated carbocycles. The molecular weight excluding hydrogens is 250 g/mol. The molecule has 4 unspecified atom stereocenters. The summed E-state index contributed by atoms with van der Waals surface area (Å²) in [6.07, 6.45) is 7.49. The molecular formula is C16H29N3O. The van der Waals surface area contributed by atoms with E-state index in [4.69, 9.17) is 5.73 Å². The van der Waals surface area contributed by atoms with Crippen molar-refractivity contribution in [3.8, 4) is 0 Å². The molecule has 0 radical (unpaired) electrons. The van der Waals surface area contributed by atoms with E-state index in [1.807, 2.05) is 0 Å². The standard InChI is InChI=1S/C16H29N3O/c1-12(18-8-4-2-3-5-9-18)16(20)19-10-13-6-7-15(17)14(13)11-19/h12-15H,2-11,17H2,1H3. The Morgan fingerprint density at radius 2 is 1.80 bits per heavy atom. The molecule has 3 rings (SSSR count). The summed E-state index contributed by atoms with van der Waals surface area (Å²) in [7, 11) is 0. The van der Waals surface area contributed by atoms with Gasteiger partial charge in [0.2, 0.25) is 5.91 Å². The van der Waals surface area contributed by atoms with Crippen LogP contribution >= 0.6 is 0 Å². The first-order valence-corrected chi connectivity index (χ1v) is 8.45. The SMILES string of the molecule is CC(C(=O)N1CC2CCC(N)C2C1)N1CCCCCC1. The van der Waals surface area contributed by atoms with Crippen LogP contribution in [0.1, 0.15) is 45.4 Å². The van der Waals surface area contributed by atoms with Crippen molar-refractivity contribution in [1.29, 1.82) is 0 Å². The normalized spacial score (nSPS) is 36.7. The molecule has 2 heterocycles. The number of hydrogen-bond donors (Lipinski definition) is 1. The number of amides is 1. The van der Waals surface area contributed by atoms with Crippen LogP contribution in [0.2, 0.25) is 0 Å². The number of carbonyl (C=O) groups is 1. The van der Waals surface area contributed by atoms with Crippen molar-refractivity contribution in [3.63, 3.8) is 0 Å². The minimum absolute atomic E-state index is 0.0585. The van der Waals surface area contributed by atoms with Crippen molar-refractivity contribution in [2.45, 2.75) is 57.5 Å². The zero-order valence-corrected chi connectivity index (χ0v) is 12.8. The molecule has 0 aromatic rings. The van der Waals surface area contributed by atoms with Crippen LogP contribution in [0.25, 0.3) is 0 Å². The Balaban J connectivity index is 1.58. The third-order valence-electron chi connectivity index (χ3n) is 5.77. The Morgan fingerprint density at radius 3 is 2.45 bits per heavy atom. The van der Waals surface area contributed by atoms with Crippen LogP contribution in [0.3, 0.4) is 0 Å². The molecule has 1 aliphatic carbocycles. The first-order chi connectivity index (χ1) is 9.66. The highest BCUT2D eigenvalue weighted by Crippen LogP contribution is 2.37. The third-order valence-corrected chi connectivity index (χ3v) is 5.77. The maximum Gasteiger partial charge on any atom is 0.239 e. The van der Waals surface area contributed by atoms with Gasteiger partial charge >= 0.3 is 0 Å². The fourth-order valence-corrected chi connectivity index (χ4v) is 4.39. The van der Waals surface area contributed by atoms with Gasteiger partial charge in [-0.15, -0.1) is 0 Å². The van der Waals surface area contributed by atoms with Crippen LogP contribution < -0.4 is 5.73 Å². The zero-order chi connectivity index (χ0) is 14.1. The number of rotatable bonds is 2. The van der Waals surface area contributed by atoms with E-state index in [9.17, 15) is 4.79 Å². The van der Waals surface area contributed by atoms with Crippen LogP contribution in [0.4, 0.5) is 0 Å². The van der Waals surface area contributed by atoms with Gasteiger partial charge in [0, 0.05) is 19.1 Å². The molecule has 2 N–H and O–H groups in total. The maximum absolute atomic E-state index is 12.7. The minimum Gasteiger partial charge on any atom is -0.341 e. The van der Waals surface area contributed by atoms with Gasteiger partial charge in [0.15, 0.2) is 0 Å². The average molecular weight is 279 g/mol. The van der Waals surface area contributed by atoms with E-state index in [0.717, 1.165) is 32.6 Å². The van der Waals surface area contributed by atoms with Crippen molar-refractivity contribution in [2.75, 3.05) is 26.2 Å². The molecule has 4 heteroatoms. The second-order valence-corrected chi connectivity index (χ2v) is 7.03. The van der Waals surface area contributed by atoms with Gasteiger partial charge in [-0.2, -0.15) is 0 Å². The van der Waals surface area contributed by atoms with E-state index in [0.29, 0.717) is 23.8 Å². The molecule has 0 aromatic carbocycles. The lowest BCUT2D eigenvalue weighted by molar-refractivity contribution is -0.135. The molecule has 1 amide bonds. The lowest BCUT2D eigenvalue weighted by atomic mass is 9.98.